The van der Waals surface area contributed by atoms with Crippen molar-refractivity contribution in [3.8, 4) is 0 Å². The third-order valence-corrected chi connectivity index (χ3v) is 5.05. The van der Waals surface area contributed by atoms with E-state index in [9.17, 15) is 19.5 Å². The topological polar surface area (TPSA) is 99.1 Å². The van der Waals surface area contributed by atoms with E-state index < -0.39 is 29.6 Å². The van der Waals surface area contributed by atoms with Gasteiger partial charge in [-0.3, -0.25) is 4.79 Å². The van der Waals surface area contributed by atoms with Gasteiger partial charge in [-0.25, -0.2) is 9.59 Å². The molecule has 0 aromatic heterocycles. The van der Waals surface area contributed by atoms with Crippen molar-refractivity contribution < 1.29 is 33.7 Å². The summed E-state index contributed by atoms with van der Waals surface area (Å²) in [7, 11) is 0. The van der Waals surface area contributed by atoms with Gasteiger partial charge in [0.1, 0.15) is 6.42 Å². The van der Waals surface area contributed by atoms with Crippen molar-refractivity contribution in [3.63, 3.8) is 0 Å². The first-order valence-corrected chi connectivity index (χ1v) is 10.1. The third kappa shape index (κ3) is 5.79. The van der Waals surface area contributed by atoms with Crippen molar-refractivity contribution in [1.29, 1.82) is 0 Å². The number of ether oxygens (including phenoxy) is 3. The first-order valence-electron chi connectivity index (χ1n) is 10.1. The highest BCUT2D eigenvalue weighted by atomic mass is 16.6. The van der Waals surface area contributed by atoms with E-state index in [1.165, 1.54) is 0 Å². The van der Waals surface area contributed by atoms with Gasteiger partial charge < -0.3 is 19.3 Å². The van der Waals surface area contributed by atoms with E-state index in [-0.39, 0.29) is 19.1 Å². The van der Waals surface area contributed by atoms with Gasteiger partial charge in [0, 0.05) is 5.92 Å². The molecule has 29 heavy (non-hydrogen) atoms. The number of carbonyl (C=O) groups is 3. The van der Waals surface area contributed by atoms with Crippen LogP contribution in [0.4, 0.5) is 0 Å². The van der Waals surface area contributed by atoms with Gasteiger partial charge in [0.05, 0.1) is 13.2 Å². The Balaban J connectivity index is 2.29. The number of aliphatic hydroxyl groups is 1. The lowest BCUT2D eigenvalue weighted by Gasteiger charge is -2.37. The van der Waals surface area contributed by atoms with E-state index in [0.717, 1.165) is 25.7 Å². The molecule has 159 valence electrons. The Labute approximate surface area is 171 Å². The average molecular weight is 405 g/mol. The van der Waals surface area contributed by atoms with Crippen LogP contribution in [0.5, 0.6) is 0 Å². The first kappa shape index (κ1) is 22.9. The normalized spacial score (nSPS) is 17.6. The molecule has 0 heterocycles. The van der Waals surface area contributed by atoms with Crippen LogP contribution < -0.4 is 0 Å². The minimum atomic E-state index is -1.92. The Morgan fingerprint density at radius 3 is 2.28 bits per heavy atom. The lowest BCUT2D eigenvalue weighted by atomic mass is 9.73. The van der Waals surface area contributed by atoms with Crippen molar-refractivity contribution in [3.05, 3.63) is 42.3 Å². The molecule has 2 rings (SSSR count). The number of rotatable bonds is 9. The summed E-state index contributed by atoms with van der Waals surface area (Å²) in [5.74, 6) is -3.03. The van der Waals surface area contributed by atoms with Gasteiger partial charge in [0.2, 0.25) is 6.10 Å². The summed E-state index contributed by atoms with van der Waals surface area (Å²) in [4.78, 5) is 37.2. The zero-order valence-corrected chi connectivity index (χ0v) is 17.0. The molecule has 1 aliphatic rings. The average Bonchev–Trinajstić information content (AvgIpc) is 2.74. The fourth-order valence-corrected chi connectivity index (χ4v) is 3.63. The molecule has 0 spiro atoms. The maximum atomic E-state index is 13.2. The molecular weight excluding hydrogens is 376 g/mol. The Morgan fingerprint density at radius 2 is 1.69 bits per heavy atom. The molecular formula is C22H29O7. The summed E-state index contributed by atoms with van der Waals surface area (Å²) < 4.78 is 15.1. The molecule has 2 atom stereocenters. The second-order valence-electron chi connectivity index (χ2n) is 6.96. The monoisotopic (exact) mass is 405 g/mol. The van der Waals surface area contributed by atoms with E-state index in [2.05, 4.69) is 0 Å². The van der Waals surface area contributed by atoms with Crippen LogP contribution in [0.15, 0.2) is 30.3 Å². The molecule has 1 radical (unpaired) electrons. The molecule has 0 aliphatic heterocycles. The highest BCUT2D eigenvalue weighted by Gasteiger charge is 2.48. The zero-order valence-electron chi connectivity index (χ0n) is 17.0. The van der Waals surface area contributed by atoms with Crippen molar-refractivity contribution in [2.75, 3.05) is 13.2 Å². The Kier molecular flexibility index (Phi) is 8.64. The lowest BCUT2D eigenvalue weighted by Crippen LogP contribution is -2.48. The van der Waals surface area contributed by atoms with Crippen LogP contribution in [0.3, 0.4) is 0 Å². The summed E-state index contributed by atoms with van der Waals surface area (Å²) in [5.41, 5.74) is -1.52. The summed E-state index contributed by atoms with van der Waals surface area (Å²) in [6, 6.07) is 8.55. The molecule has 7 nitrogen and oxygen atoms in total. The summed E-state index contributed by atoms with van der Waals surface area (Å²) >= 11 is 0. The fraction of sp³-hybridized carbons (Fsp3) is 0.545. The maximum absolute atomic E-state index is 13.2. The van der Waals surface area contributed by atoms with Crippen LogP contribution in [0.2, 0.25) is 0 Å². The molecule has 1 saturated carbocycles. The third-order valence-electron chi connectivity index (χ3n) is 5.05. The van der Waals surface area contributed by atoms with Gasteiger partial charge in [-0.15, -0.1) is 0 Å². The van der Waals surface area contributed by atoms with Gasteiger partial charge >= 0.3 is 17.9 Å². The van der Waals surface area contributed by atoms with Crippen molar-refractivity contribution in [1.82, 2.24) is 0 Å². The predicted octanol–water partition coefficient (Wildman–Crippen LogP) is 2.70. The van der Waals surface area contributed by atoms with Crippen LogP contribution >= 0.6 is 0 Å². The smallest absolute Gasteiger partial charge is 0.348 e. The lowest BCUT2D eigenvalue weighted by molar-refractivity contribution is -0.187. The van der Waals surface area contributed by atoms with Crippen LogP contribution in [0.25, 0.3) is 0 Å². The number of benzene rings is 1. The zero-order chi connectivity index (χ0) is 21.3. The molecule has 0 bridgehead atoms. The minimum Gasteiger partial charge on any atom is -0.466 e. The second kappa shape index (κ2) is 11.0. The van der Waals surface area contributed by atoms with Crippen molar-refractivity contribution >= 4 is 17.9 Å². The Hall–Kier alpha value is -2.41. The number of hydrogen-bond acceptors (Lipinski definition) is 7. The van der Waals surface area contributed by atoms with Crippen molar-refractivity contribution in [2.45, 2.75) is 57.7 Å². The van der Waals surface area contributed by atoms with E-state index in [1.54, 1.807) is 44.2 Å². The summed E-state index contributed by atoms with van der Waals surface area (Å²) in [5, 5.41) is 11.5. The molecule has 1 aromatic rings. The summed E-state index contributed by atoms with van der Waals surface area (Å²) in [6.07, 6.45) is 3.40. The number of carbonyl (C=O) groups excluding carboxylic acids is 3. The number of esters is 3. The number of hydrogen-bond donors (Lipinski definition) is 1. The standard InChI is InChI=1S/C22H29O7/c1-3-27-19(23)15-18(20(24)28-4-2)29-21(25)22(26,16-11-7-5-8-12-16)17-13-9-6-10-14-17/h5,7-8,11-12,15,17-18,26H,3-4,6,9-10,13-14H2,1-2H3. The second-order valence-corrected chi connectivity index (χ2v) is 6.96. The largest absolute Gasteiger partial charge is 0.466 e. The van der Waals surface area contributed by atoms with Crippen LogP contribution in [0.1, 0.15) is 51.5 Å². The molecule has 1 aromatic carbocycles. The molecule has 1 N–H and O–H groups in total. The van der Waals surface area contributed by atoms with Gasteiger partial charge in [-0.1, -0.05) is 49.6 Å². The SMILES string of the molecule is CCOC(=O)[CH]C(OC(=O)C(O)(c1ccccc1)C1CCCCC1)C(=O)OCC. The fourth-order valence-electron chi connectivity index (χ4n) is 3.63. The molecule has 1 aliphatic carbocycles. The van der Waals surface area contributed by atoms with Crippen molar-refractivity contribution in [2.24, 2.45) is 5.92 Å². The molecule has 1 fully saturated rings. The van der Waals surface area contributed by atoms with E-state index in [4.69, 9.17) is 14.2 Å². The predicted molar refractivity (Wildman–Crippen MR) is 104 cm³/mol. The van der Waals surface area contributed by atoms with Crippen LogP contribution in [-0.4, -0.2) is 42.3 Å². The highest BCUT2D eigenvalue weighted by Crippen LogP contribution is 2.40. The van der Waals surface area contributed by atoms with Gasteiger partial charge in [-0.2, -0.15) is 0 Å². The molecule has 2 unspecified atom stereocenters. The van der Waals surface area contributed by atoms with Gasteiger partial charge in [0.15, 0.2) is 5.60 Å². The summed E-state index contributed by atoms with van der Waals surface area (Å²) in [6.45, 7) is 3.38. The highest BCUT2D eigenvalue weighted by molar-refractivity contribution is 5.92. The quantitative estimate of drug-likeness (QED) is 0.498. The van der Waals surface area contributed by atoms with Crippen LogP contribution in [0, 0.1) is 12.3 Å². The van der Waals surface area contributed by atoms with Gasteiger partial charge in [0.25, 0.3) is 0 Å². The molecule has 0 amide bonds. The Bertz CT molecular complexity index is 682. The molecule has 0 saturated heterocycles. The van der Waals surface area contributed by atoms with E-state index >= 15 is 0 Å². The first-order chi connectivity index (χ1) is 13.9. The molecule has 7 heteroatoms. The van der Waals surface area contributed by atoms with E-state index in [1.807, 2.05) is 0 Å². The Morgan fingerprint density at radius 1 is 1.07 bits per heavy atom. The van der Waals surface area contributed by atoms with Gasteiger partial charge in [-0.05, 0) is 32.3 Å². The van der Waals surface area contributed by atoms with E-state index in [0.29, 0.717) is 18.4 Å². The minimum absolute atomic E-state index is 0.0507. The maximum Gasteiger partial charge on any atom is 0.348 e. The van der Waals surface area contributed by atoms with Crippen LogP contribution in [-0.2, 0) is 34.2 Å².